The van der Waals surface area contributed by atoms with Crippen molar-refractivity contribution in [3.05, 3.63) is 10.5 Å². The lowest BCUT2D eigenvalue weighted by Gasteiger charge is -2.03. The van der Waals surface area contributed by atoms with Gasteiger partial charge in [0.1, 0.15) is 0 Å². The maximum Gasteiger partial charge on any atom is 0.282 e. The van der Waals surface area contributed by atoms with Crippen LogP contribution in [0.5, 0.6) is 0 Å². The Morgan fingerprint density at radius 1 is 1.50 bits per heavy atom. The van der Waals surface area contributed by atoms with Crippen molar-refractivity contribution in [3.8, 4) is 0 Å². The van der Waals surface area contributed by atoms with E-state index in [9.17, 15) is 4.57 Å². The van der Waals surface area contributed by atoms with Crippen molar-refractivity contribution in [2.24, 2.45) is 0 Å². The maximum atomic E-state index is 10.8. The fourth-order valence-corrected chi connectivity index (χ4v) is 1.62. The van der Waals surface area contributed by atoms with E-state index in [1.807, 2.05) is 0 Å². The molecule has 0 bridgehead atoms. The standard InChI is InChI=1S/C4H6Cl3O2P/c1-3(4(5)9-2)10(6,7)8/h1-2H3/b4-3+. The van der Waals surface area contributed by atoms with Crippen LogP contribution >= 0.6 is 39.9 Å². The summed E-state index contributed by atoms with van der Waals surface area (Å²) in [5.74, 6) is -3.26. The van der Waals surface area contributed by atoms with Gasteiger partial charge >= 0.3 is 0 Å². The smallest absolute Gasteiger partial charge is 0.282 e. The zero-order valence-electron chi connectivity index (χ0n) is 5.40. The molecule has 0 unspecified atom stereocenters. The minimum atomic E-state index is -3.26. The van der Waals surface area contributed by atoms with E-state index in [2.05, 4.69) is 4.74 Å². The second-order valence-corrected chi connectivity index (χ2v) is 6.84. The highest BCUT2D eigenvalue weighted by atomic mass is 35.9. The molecule has 2 nitrogen and oxygen atoms in total. The van der Waals surface area contributed by atoms with Crippen LogP contribution in [0.25, 0.3) is 0 Å². The predicted molar refractivity (Wildman–Crippen MR) is 44.9 cm³/mol. The Balaban J connectivity index is 4.65. The Morgan fingerprint density at radius 2 is 1.90 bits per heavy atom. The molecule has 0 aliphatic carbocycles. The van der Waals surface area contributed by atoms with Crippen LogP contribution in [0.2, 0.25) is 0 Å². The highest BCUT2D eigenvalue weighted by Crippen LogP contribution is 2.64. The van der Waals surface area contributed by atoms with Crippen molar-refractivity contribution in [1.29, 1.82) is 0 Å². The van der Waals surface area contributed by atoms with Crippen molar-refractivity contribution in [2.75, 3.05) is 7.11 Å². The molecule has 0 radical (unpaired) electrons. The van der Waals surface area contributed by atoms with Crippen molar-refractivity contribution in [3.63, 3.8) is 0 Å². The summed E-state index contributed by atoms with van der Waals surface area (Å²) in [5.41, 5.74) is 0. The van der Waals surface area contributed by atoms with Crippen LogP contribution in [-0.2, 0) is 9.30 Å². The number of hydrogen-bond donors (Lipinski definition) is 0. The number of hydrogen-bond acceptors (Lipinski definition) is 2. The van der Waals surface area contributed by atoms with Crippen molar-refractivity contribution in [1.82, 2.24) is 0 Å². The van der Waals surface area contributed by atoms with E-state index in [0.29, 0.717) is 0 Å². The first kappa shape index (κ1) is 10.6. The van der Waals surface area contributed by atoms with Gasteiger partial charge in [0, 0.05) is 0 Å². The molecule has 0 heterocycles. The molecule has 0 rings (SSSR count). The van der Waals surface area contributed by atoms with Gasteiger partial charge in [-0.25, -0.2) is 0 Å². The molecule has 10 heavy (non-hydrogen) atoms. The van der Waals surface area contributed by atoms with E-state index in [0.717, 1.165) is 0 Å². The van der Waals surface area contributed by atoms with Gasteiger partial charge < -0.3 is 4.74 Å². The van der Waals surface area contributed by atoms with Gasteiger partial charge in [0.15, 0.2) is 5.22 Å². The fraction of sp³-hybridized carbons (Fsp3) is 0.500. The van der Waals surface area contributed by atoms with Crippen LogP contribution in [0, 0.1) is 0 Å². The highest BCUT2D eigenvalue weighted by Gasteiger charge is 2.20. The Bertz CT molecular complexity index is 195. The van der Waals surface area contributed by atoms with E-state index in [1.54, 1.807) is 0 Å². The van der Waals surface area contributed by atoms with Crippen LogP contribution in [0.1, 0.15) is 6.92 Å². The Morgan fingerprint density at radius 3 is 2.00 bits per heavy atom. The number of halogens is 3. The molecule has 0 spiro atoms. The Labute approximate surface area is 74.0 Å². The second-order valence-electron chi connectivity index (χ2n) is 1.53. The van der Waals surface area contributed by atoms with Gasteiger partial charge in [-0.15, -0.1) is 0 Å². The highest BCUT2D eigenvalue weighted by molar-refractivity contribution is 8.11. The summed E-state index contributed by atoms with van der Waals surface area (Å²) in [6.07, 6.45) is 0. The molecule has 0 saturated carbocycles. The number of ether oxygens (including phenoxy) is 1. The molecule has 0 saturated heterocycles. The Kier molecular flexibility index (Phi) is 4.12. The topological polar surface area (TPSA) is 26.3 Å². The molecule has 0 aromatic heterocycles. The van der Waals surface area contributed by atoms with E-state index >= 15 is 0 Å². The SMILES string of the molecule is CO/C(Cl)=C(\C)P(=O)(Cl)Cl. The first-order valence-corrected chi connectivity index (χ1v) is 6.19. The third kappa shape index (κ3) is 3.16. The normalized spacial score (nSPS) is 14.5. The molecule has 0 amide bonds. The molecule has 0 N–H and O–H groups in total. The summed E-state index contributed by atoms with van der Waals surface area (Å²) in [6, 6.07) is 0. The van der Waals surface area contributed by atoms with Gasteiger partial charge in [0.2, 0.25) is 0 Å². The van der Waals surface area contributed by atoms with Gasteiger partial charge in [-0.1, -0.05) is 0 Å². The summed E-state index contributed by atoms with van der Waals surface area (Å²) < 4.78 is 15.4. The van der Waals surface area contributed by atoms with Crippen LogP contribution in [-0.4, -0.2) is 7.11 Å². The lowest BCUT2D eigenvalue weighted by molar-refractivity contribution is 0.319. The molecule has 0 aromatic carbocycles. The molecule has 0 aliphatic rings. The van der Waals surface area contributed by atoms with Crippen molar-refractivity contribution in [2.45, 2.75) is 6.92 Å². The number of allylic oxidation sites excluding steroid dienone is 1. The summed E-state index contributed by atoms with van der Waals surface area (Å²) in [7, 11) is 1.34. The van der Waals surface area contributed by atoms with E-state index < -0.39 is 5.85 Å². The van der Waals surface area contributed by atoms with Gasteiger partial charge in [-0.3, -0.25) is 4.57 Å². The molecule has 6 heteroatoms. The first-order valence-electron chi connectivity index (χ1n) is 2.30. The second kappa shape index (κ2) is 3.87. The fourth-order valence-electron chi connectivity index (χ4n) is 0.250. The van der Waals surface area contributed by atoms with Crippen LogP contribution in [0.15, 0.2) is 10.5 Å². The largest absolute Gasteiger partial charge is 0.486 e. The summed E-state index contributed by atoms with van der Waals surface area (Å²) in [5, 5.41) is 0.147. The number of rotatable bonds is 2. The average molecular weight is 223 g/mol. The lowest BCUT2D eigenvalue weighted by atomic mass is 10.7. The van der Waals surface area contributed by atoms with Crippen LogP contribution in [0.3, 0.4) is 0 Å². The van der Waals surface area contributed by atoms with Gasteiger partial charge in [-0.2, -0.15) is 0 Å². The van der Waals surface area contributed by atoms with Gasteiger partial charge in [-0.05, 0) is 41.0 Å². The van der Waals surface area contributed by atoms with E-state index in [1.165, 1.54) is 14.0 Å². The molecular formula is C4H6Cl3O2P. The quantitative estimate of drug-likeness (QED) is 0.527. The minimum Gasteiger partial charge on any atom is -0.486 e. The van der Waals surface area contributed by atoms with Gasteiger partial charge in [0.05, 0.1) is 12.4 Å². The molecule has 0 fully saturated rings. The Hall–Kier alpha value is 0.640. The molecule has 0 atom stereocenters. The first-order chi connectivity index (χ1) is 4.39. The molecular weight excluding hydrogens is 217 g/mol. The summed E-state index contributed by atoms with van der Waals surface area (Å²) >= 11 is 15.9. The lowest BCUT2D eigenvalue weighted by Crippen LogP contribution is -1.79. The zero-order chi connectivity index (χ0) is 8.36. The summed E-state index contributed by atoms with van der Waals surface area (Å²) in [4.78, 5) is 0. The zero-order valence-corrected chi connectivity index (χ0v) is 8.56. The number of methoxy groups -OCH3 is 1. The van der Waals surface area contributed by atoms with Crippen LogP contribution < -0.4 is 0 Å². The van der Waals surface area contributed by atoms with E-state index in [-0.39, 0.29) is 10.5 Å². The molecule has 60 valence electrons. The monoisotopic (exact) mass is 222 g/mol. The third-order valence-corrected chi connectivity index (χ3v) is 3.93. The van der Waals surface area contributed by atoms with E-state index in [4.69, 9.17) is 34.1 Å². The van der Waals surface area contributed by atoms with Crippen LogP contribution in [0.4, 0.5) is 0 Å². The minimum absolute atomic E-state index is 0.0201. The third-order valence-electron chi connectivity index (χ3n) is 0.854. The summed E-state index contributed by atoms with van der Waals surface area (Å²) in [6.45, 7) is 1.45. The van der Waals surface area contributed by atoms with Crippen molar-refractivity contribution < 1.29 is 9.30 Å². The average Bonchev–Trinajstić information content (AvgIpc) is 1.83. The van der Waals surface area contributed by atoms with Gasteiger partial charge in [0.25, 0.3) is 5.85 Å². The molecule has 0 aliphatic heterocycles. The van der Waals surface area contributed by atoms with Crippen molar-refractivity contribution >= 4 is 39.9 Å². The maximum absolute atomic E-state index is 10.8. The molecule has 0 aromatic rings. The predicted octanol–water partition coefficient (Wildman–Crippen LogP) is 3.73.